The van der Waals surface area contributed by atoms with Gasteiger partial charge in [-0.15, -0.1) is 0 Å². The molecule has 0 spiro atoms. The van der Waals surface area contributed by atoms with E-state index in [0.29, 0.717) is 16.8 Å². The third-order valence-corrected chi connectivity index (χ3v) is 3.87. The number of amides is 1. The van der Waals surface area contributed by atoms with Crippen LogP contribution < -0.4 is 5.32 Å². The van der Waals surface area contributed by atoms with E-state index in [1.807, 2.05) is 0 Å². The number of para-hydroxylation sites is 1. The molecule has 0 aromatic heterocycles. The van der Waals surface area contributed by atoms with Crippen LogP contribution in [0.3, 0.4) is 0 Å². The van der Waals surface area contributed by atoms with Crippen LogP contribution in [0.25, 0.3) is 6.08 Å². The number of hydrogen-bond donors (Lipinski definition) is 1. The van der Waals surface area contributed by atoms with Gasteiger partial charge in [0.05, 0.1) is 10.7 Å². The molecule has 7 heteroatoms. The SMILES string of the molecule is CC(=O)c1ccccc1NC(=O)[C@@H](C)OC(=O)/C=C/c1ccc(F)c(Cl)c1. The van der Waals surface area contributed by atoms with E-state index in [2.05, 4.69) is 5.32 Å². The zero-order valence-electron chi connectivity index (χ0n) is 14.7. The predicted octanol–water partition coefficient (Wildman–Crippen LogP) is 4.27. The van der Waals surface area contributed by atoms with Gasteiger partial charge < -0.3 is 10.1 Å². The highest BCUT2D eigenvalue weighted by molar-refractivity contribution is 6.30. The summed E-state index contributed by atoms with van der Waals surface area (Å²) in [5.74, 6) is -2.09. The maximum Gasteiger partial charge on any atom is 0.331 e. The molecule has 1 atom stereocenters. The molecule has 2 rings (SSSR count). The molecular weight excluding hydrogens is 373 g/mol. The Kier molecular flexibility index (Phi) is 6.85. The zero-order chi connectivity index (χ0) is 20.0. The molecule has 27 heavy (non-hydrogen) atoms. The molecule has 0 bridgehead atoms. The maximum absolute atomic E-state index is 13.1. The van der Waals surface area contributed by atoms with Crippen LogP contribution in [0.4, 0.5) is 10.1 Å². The van der Waals surface area contributed by atoms with Gasteiger partial charge in [0.15, 0.2) is 11.9 Å². The first-order valence-electron chi connectivity index (χ1n) is 8.02. The minimum Gasteiger partial charge on any atom is -0.449 e. The molecule has 0 saturated heterocycles. The van der Waals surface area contributed by atoms with Crippen LogP contribution in [-0.2, 0) is 14.3 Å². The Hall–Kier alpha value is -2.99. The van der Waals surface area contributed by atoms with Gasteiger partial charge in [0.2, 0.25) is 0 Å². The monoisotopic (exact) mass is 389 g/mol. The summed E-state index contributed by atoms with van der Waals surface area (Å²) in [6.07, 6.45) is 1.42. The van der Waals surface area contributed by atoms with Crippen LogP contribution in [0.2, 0.25) is 5.02 Å². The topological polar surface area (TPSA) is 72.5 Å². The standard InChI is InChI=1S/C20H17ClFNO4/c1-12(24)15-5-3-4-6-18(15)23-20(26)13(2)27-19(25)10-8-14-7-9-17(22)16(21)11-14/h3-11,13H,1-2H3,(H,23,26)/b10-8+/t13-/m1/s1. The van der Waals surface area contributed by atoms with Crippen LogP contribution >= 0.6 is 11.6 Å². The fourth-order valence-corrected chi connectivity index (χ4v) is 2.37. The van der Waals surface area contributed by atoms with Crippen molar-refractivity contribution < 1.29 is 23.5 Å². The Bertz CT molecular complexity index is 911. The Morgan fingerprint density at radius 3 is 2.56 bits per heavy atom. The van der Waals surface area contributed by atoms with Crippen LogP contribution in [-0.4, -0.2) is 23.8 Å². The van der Waals surface area contributed by atoms with Gasteiger partial charge in [-0.3, -0.25) is 9.59 Å². The summed E-state index contributed by atoms with van der Waals surface area (Å²) in [6.45, 7) is 2.80. The highest BCUT2D eigenvalue weighted by Crippen LogP contribution is 2.18. The molecule has 0 unspecified atom stereocenters. The second-order valence-electron chi connectivity index (χ2n) is 5.68. The van der Waals surface area contributed by atoms with Gasteiger partial charge in [-0.2, -0.15) is 0 Å². The number of hydrogen-bond acceptors (Lipinski definition) is 4. The Labute approximate surface area is 160 Å². The van der Waals surface area contributed by atoms with E-state index < -0.39 is 23.8 Å². The normalized spacial score (nSPS) is 11.9. The second kappa shape index (κ2) is 9.09. The van der Waals surface area contributed by atoms with Crippen molar-refractivity contribution in [3.63, 3.8) is 0 Å². The van der Waals surface area contributed by atoms with Crippen molar-refractivity contribution in [1.82, 2.24) is 0 Å². The largest absolute Gasteiger partial charge is 0.449 e. The molecule has 1 amide bonds. The van der Waals surface area contributed by atoms with E-state index in [1.54, 1.807) is 24.3 Å². The quantitative estimate of drug-likeness (QED) is 0.455. The number of esters is 1. The minimum absolute atomic E-state index is 0.0672. The summed E-state index contributed by atoms with van der Waals surface area (Å²) >= 11 is 5.67. The molecule has 140 valence electrons. The summed E-state index contributed by atoms with van der Waals surface area (Å²) < 4.78 is 18.1. The Morgan fingerprint density at radius 1 is 1.19 bits per heavy atom. The average Bonchev–Trinajstić information content (AvgIpc) is 2.63. The number of carbonyl (C=O) groups is 3. The molecule has 0 aliphatic carbocycles. The lowest BCUT2D eigenvalue weighted by atomic mass is 10.1. The van der Waals surface area contributed by atoms with Crippen molar-refractivity contribution in [3.05, 3.63) is 70.5 Å². The smallest absolute Gasteiger partial charge is 0.331 e. The van der Waals surface area contributed by atoms with Crippen molar-refractivity contribution >= 4 is 41.0 Å². The molecule has 0 aliphatic heterocycles. The number of rotatable bonds is 6. The van der Waals surface area contributed by atoms with E-state index in [0.717, 1.165) is 6.08 Å². The average molecular weight is 390 g/mol. The Balaban J connectivity index is 1.97. The molecule has 1 N–H and O–H groups in total. The fraction of sp³-hybridized carbons (Fsp3) is 0.150. The molecular formula is C20H17ClFNO4. The molecule has 0 radical (unpaired) electrons. The van der Waals surface area contributed by atoms with Gasteiger partial charge in [-0.1, -0.05) is 29.8 Å². The first-order valence-corrected chi connectivity index (χ1v) is 8.40. The number of ketones is 1. The van der Waals surface area contributed by atoms with Gasteiger partial charge >= 0.3 is 5.97 Å². The Morgan fingerprint density at radius 2 is 1.89 bits per heavy atom. The summed E-state index contributed by atoms with van der Waals surface area (Å²) in [7, 11) is 0. The van der Waals surface area contributed by atoms with Crippen LogP contribution in [0.15, 0.2) is 48.5 Å². The zero-order valence-corrected chi connectivity index (χ0v) is 15.4. The highest BCUT2D eigenvalue weighted by Gasteiger charge is 2.18. The molecule has 5 nitrogen and oxygen atoms in total. The molecule has 0 heterocycles. The maximum atomic E-state index is 13.1. The summed E-state index contributed by atoms with van der Waals surface area (Å²) in [5, 5.41) is 2.50. The number of halogens is 2. The lowest BCUT2D eigenvalue weighted by Gasteiger charge is -2.14. The van der Waals surface area contributed by atoms with E-state index >= 15 is 0 Å². The molecule has 2 aromatic carbocycles. The van der Waals surface area contributed by atoms with Crippen molar-refractivity contribution in [1.29, 1.82) is 0 Å². The number of anilines is 1. The van der Waals surface area contributed by atoms with Gasteiger partial charge in [0.1, 0.15) is 5.82 Å². The molecule has 0 aliphatic rings. The lowest BCUT2D eigenvalue weighted by Crippen LogP contribution is -2.30. The van der Waals surface area contributed by atoms with E-state index in [1.165, 1.54) is 38.1 Å². The number of nitrogens with one attached hydrogen (secondary N) is 1. The third kappa shape index (κ3) is 5.76. The minimum atomic E-state index is -1.08. The van der Waals surface area contributed by atoms with Gasteiger partial charge in [-0.25, -0.2) is 9.18 Å². The van der Waals surface area contributed by atoms with Crippen molar-refractivity contribution in [2.75, 3.05) is 5.32 Å². The van der Waals surface area contributed by atoms with Gasteiger partial charge in [0.25, 0.3) is 5.91 Å². The summed E-state index contributed by atoms with van der Waals surface area (Å²) in [6, 6.07) is 10.5. The predicted molar refractivity (Wildman–Crippen MR) is 101 cm³/mol. The molecule has 0 saturated carbocycles. The number of benzene rings is 2. The van der Waals surface area contributed by atoms with Crippen molar-refractivity contribution in [3.8, 4) is 0 Å². The van der Waals surface area contributed by atoms with E-state index in [9.17, 15) is 18.8 Å². The van der Waals surface area contributed by atoms with Gasteiger partial charge in [-0.05, 0) is 49.8 Å². The van der Waals surface area contributed by atoms with Crippen molar-refractivity contribution in [2.24, 2.45) is 0 Å². The van der Waals surface area contributed by atoms with Crippen molar-refractivity contribution in [2.45, 2.75) is 20.0 Å². The van der Waals surface area contributed by atoms with Crippen LogP contribution in [0, 0.1) is 5.82 Å². The van der Waals surface area contributed by atoms with E-state index in [4.69, 9.17) is 16.3 Å². The van der Waals surface area contributed by atoms with Crippen LogP contribution in [0.1, 0.15) is 29.8 Å². The lowest BCUT2D eigenvalue weighted by molar-refractivity contribution is -0.148. The fourth-order valence-electron chi connectivity index (χ4n) is 2.18. The van der Waals surface area contributed by atoms with Crippen LogP contribution in [0.5, 0.6) is 0 Å². The number of ether oxygens (including phenoxy) is 1. The number of Topliss-reactive ketones (excluding diaryl/α,β-unsaturated/α-hetero) is 1. The number of carbonyl (C=O) groups excluding carboxylic acids is 3. The first kappa shape index (κ1) is 20.3. The third-order valence-electron chi connectivity index (χ3n) is 3.58. The molecule has 0 fully saturated rings. The second-order valence-corrected chi connectivity index (χ2v) is 6.08. The first-order chi connectivity index (χ1) is 12.8. The summed E-state index contributed by atoms with van der Waals surface area (Å²) in [4.78, 5) is 35.6. The summed E-state index contributed by atoms with van der Waals surface area (Å²) in [5.41, 5.74) is 1.21. The molecule has 2 aromatic rings. The van der Waals surface area contributed by atoms with E-state index in [-0.39, 0.29) is 10.8 Å². The highest BCUT2D eigenvalue weighted by atomic mass is 35.5. The van der Waals surface area contributed by atoms with Gasteiger partial charge in [0, 0.05) is 11.6 Å².